The minimum atomic E-state index is -3.95. The van der Waals surface area contributed by atoms with Gasteiger partial charge in [0.25, 0.3) is 0 Å². The molecule has 9 heteroatoms. The normalized spacial score (nSPS) is 12.6. The Morgan fingerprint density at radius 1 is 1.35 bits per heavy atom. The number of hydrogen-bond donors (Lipinski definition) is 2. The summed E-state index contributed by atoms with van der Waals surface area (Å²) in [5.41, 5.74) is 0. The van der Waals surface area contributed by atoms with Gasteiger partial charge in [0.15, 0.2) is 9.84 Å². The Morgan fingerprint density at radius 2 is 1.88 bits per heavy atom. The summed E-state index contributed by atoms with van der Waals surface area (Å²) < 4.78 is 26.9. The van der Waals surface area contributed by atoms with E-state index in [1.54, 1.807) is 0 Å². The zero-order valence-corrected chi connectivity index (χ0v) is 10.1. The van der Waals surface area contributed by atoms with Crippen molar-refractivity contribution in [2.45, 2.75) is 13.0 Å². The summed E-state index contributed by atoms with van der Waals surface area (Å²) in [5, 5.41) is 10.6. The van der Waals surface area contributed by atoms with Crippen LogP contribution in [0.5, 0.6) is 0 Å². The van der Waals surface area contributed by atoms with Crippen LogP contribution in [0.1, 0.15) is 6.92 Å². The quantitative estimate of drug-likeness (QED) is 0.541. The first kappa shape index (κ1) is 15.4. The van der Waals surface area contributed by atoms with Gasteiger partial charge < -0.3 is 15.2 Å². The van der Waals surface area contributed by atoms with Crippen molar-refractivity contribution in [3.05, 3.63) is 0 Å². The number of carbonyl (C=O) groups is 3. The number of amides is 1. The number of methoxy groups -OCH3 is 1. The minimum absolute atomic E-state index is 0.675. The third-order valence-corrected chi connectivity index (χ3v) is 3.18. The Bertz CT molecular complexity index is 414. The van der Waals surface area contributed by atoms with E-state index in [4.69, 9.17) is 5.11 Å². The number of carbonyl (C=O) groups excluding carboxylic acids is 2. The Balaban J connectivity index is 4.70. The molecule has 0 aromatic carbocycles. The van der Waals surface area contributed by atoms with Crippen molar-refractivity contribution in [3.63, 3.8) is 0 Å². The molecule has 0 heterocycles. The van der Waals surface area contributed by atoms with Crippen molar-refractivity contribution in [1.29, 1.82) is 0 Å². The number of sulfone groups is 1. The van der Waals surface area contributed by atoms with Gasteiger partial charge in [0.05, 0.1) is 12.9 Å². The molecule has 0 aliphatic rings. The van der Waals surface area contributed by atoms with Crippen LogP contribution >= 0.6 is 0 Å². The molecule has 0 spiro atoms. The van der Waals surface area contributed by atoms with Crippen LogP contribution in [0.15, 0.2) is 0 Å². The lowest BCUT2D eigenvalue weighted by molar-refractivity contribution is -0.141. The first-order valence-electron chi connectivity index (χ1n) is 4.45. The Kier molecular flexibility index (Phi) is 5.59. The molecule has 0 aliphatic heterocycles. The van der Waals surface area contributed by atoms with Crippen LogP contribution in [0, 0.1) is 0 Å². The van der Waals surface area contributed by atoms with Gasteiger partial charge in [-0.25, -0.2) is 13.2 Å². The summed E-state index contributed by atoms with van der Waals surface area (Å²) in [4.78, 5) is 32.1. The van der Waals surface area contributed by atoms with Gasteiger partial charge >= 0.3 is 11.9 Å². The number of hydrogen-bond acceptors (Lipinski definition) is 6. The highest BCUT2D eigenvalue weighted by Gasteiger charge is 2.27. The number of aliphatic carboxylic acids is 1. The van der Waals surface area contributed by atoms with Crippen LogP contribution in [-0.2, 0) is 29.0 Å². The molecule has 0 radical (unpaired) electrons. The molecular weight excluding hydrogens is 254 g/mol. The second-order valence-electron chi connectivity index (χ2n) is 3.22. The van der Waals surface area contributed by atoms with Gasteiger partial charge in [-0.05, 0) is 0 Å². The first-order valence-corrected chi connectivity index (χ1v) is 6.27. The molecule has 2 N–H and O–H groups in total. The maximum absolute atomic E-state index is 11.4. The lowest BCUT2D eigenvalue weighted by Gasteiger charge is -2.12. The molecule has 1 atom stereocenters. The van der Waals surface area contributed by atoms with E-state index in [0.29, 0.717) is 0 Å². The minimum Gasteiger partial charge on any atom is -0.480 e. The standard InChI is InChI=1S/C8H13NO7S/c1-5(10)9-6(8(12)13)3-17(14,15)4-7(11)16-2/h6H,3-4H2,1-2H3,(H,9,10)(H,12,13). The summed E-state index contributed by atoms with van der Waals surface area (Å²) in [6.07, 6.45) is 0. The summed E-state index contributed by atoms with van der Waals surface area (Å²) in [7, 11) is -2.94. The highest BCUT2D eigenvalue weighted by Crippen LogP contribution is 1.97. The van der Waals surface area contributed by atoms with E-state index in [1.807, 2.05) is 5.32 Å². The predicted molar refractivity (Wildman–Crippen MR) is 55.9 cm³/mol. The Hall–Kier alpha value is -1.64. The SMILES string of the molecule is COC(=O)CS(=O)(=O)CC(NC(C)=O)C(=O)O. The van der Waals surface area contributed by atoms with E-state index in [9.17, 15) is 22.8 Å². The number of nitrogens with one attached hydrogen (secondary N) is 1. The average Bonchev–Trinajstić information content (AvgIpc) is 2.14. The van der Waals surface area contributed by atoms with Gasteiger partial charge in [-0.15, -0.1) is 0 Å². The highest BCUT2D eigenvalue weighted by molar-refractivity contribution is 7.92. The Morgan fingerprint density at radius 3 is 2.24 bits per heavy atom. The van der Waals surface area contributed by atoms with E-state index >= 15 is 0 Å². The van der Waals surface area contributed by atoms with Crippen LogP contribution in [0.25, 0.3) is 0 Å². The topological polar surface area (TPSA) is 127 Å². The van der Waals surface area contributed by atoms with Gasteiger partial charge in [-0.2, -0.15) is 0 Å². The molecule has 1 amide bonds. The van der Waals surface area contributed by atoms with Gasteiger partial charge in [0, 0.05) is 6.92 Å². The van der Waals surface area contributed by atoms with Crippen LogP contribution in [0.2, 0.25) is 0 Å². The van der Waals surface area contributed by atoms with E-state index in [2.05, 4.69) is 4.74 Å². The molecule has 0 saturated carbocycles. The summed E-state index contributed by atoms with van der Waals surface area (Å²) in [6.45, 7) is 1.06. The molecule has 0 rings (SSSR count). The predicted octanol–water partition coefficient (Wildman–Crippen LogP) is -1.84. The van der Waals surface area contributed by atoms with Crippen molar-refractivity contribution in [2.75, 3.05) is 18.6 Å². The number of carboxylic acid groups (broad SMARTS) is 1. The van der Waals surface area contributed by atoms with Crippen molar-refractivity contribution in [2.24, 2.45) is 0 Å². The summed E-state index contributed by atoms with van der Waals surface area (Å²) in [6, 6.07) is -1.58. The van der Waals surface area contributed by atoms with E-state index in [1.165, 1.54) is 0 Å². The molecule has 0 aromatic heterocycles. The number of carboxylic acids is 1. The molecule has 0 saturated heterocycles. The van der Waals surface area contributed by atoms with Crippen LogP contribution < -0.4 is 5.32 Å². The zero-order valence-electron chi connectivity index (χ0n) is 9.30. The third kappa shape index (κ3) is 6.51. The van der Waals surface area contributed by atoms with Crippen molar-refractivity contribution in [3.8, 4) is 0 Å². The molecule has 0 bridgehead atoms. The van der Waals surface area contributed by atoms with Crippen molar-refractivity contribution < 1.29 is 32.6 Å². The fourth-order valence-corrected chi connectivity index (χ4v) is 2.30. The largest absolute Gasteiger partial charge is 0.480 e. The smallest absolute Gasteiger partial charge is 0.327 e. The molecule has 1 unspecified atom stereocenters. The third-order valence-electron chi connectivity index (χ3n) is 1.66. The van der Waals surface area contributed by atoms with E-state index in [0.717, 1.165) is 14.0 Å². The first-order chi connectivity index (χ1) is 7.68. The monoisotopic (exact) mass is 267 g/mol. The van der Waals surface area contributed by atoms with Gasteiger partial charge in [-0.3, -0.25) is 9.59 Å². The molecular formula is C8H13NO7S. The highest BCUT2D eigenvalue weighted by atomic mass is 32.2. The second kappa shape index (κ2) is 6.18. The maximum Gasteiger partial charge on any atom is 0.327 e. The lowest BCUT2D eigenvalue weighted by atomic mass is 10.3. The molecule has 17 heavy (non-hydrogen) atoms. The summed E-state index contributed by atoms with van der Waals surface area (Å²) >= 11 is 0. The molecule has 0 fully saturated rings. The fourth-order valence-electron chi connectivity index (χ4n) is 0.971. The number of ether oxygens (including phenoxy) is 1. The van der Waals surface area contributed by atoms with Gasteiger partial charge in [-0.1, -0.05) is 0 Å². The van der Waals surface area contributed by atoms with Crippen LogP contribution in [0.3, 0.4) is 0 Å². The van der Waals surface area contributed by atoms with E-state index < -0.39 is 45.2 Å². The van der Waals surface area contributed by atoms with Crippen LogP contribution in [-0.4, -0.2) is 56.0 Å². The molecule has 0 aromatic rings. The molecule has 8 nitrogen and oxygen atoms in total. The van der Waals surface area contributed by atoms with Crippen molar-refractivity contribution >= 4 is 27.7 Å². The maximum atomic E-state index is 11.4. The summed E-state index contributed by atoms with van der Waals surface area (Å²) in [5.74, 6) is -4.94. The lowest BCUT2D eigenvalue weighted by Crippen LogP contribution is -2.45. The average molecular weight is 267 g/mol. The second-order valence-corrected chi connectivity index (χ2v) is 5.33. The van der Waals surface area contributed by atoms with Gasteiger partial charge in [0.2, 0.25) is 5.91 Å². The number of esters is 1. The van der Waals surface area contributed by atoms with Crippen LogP contribution in [0.4, 0.5) is 0 Å². The molecule has 0 aliphatic carbocycles. The fraction of sp³-hybridized carbons (Fsp3) is 0.625. The molecule has 98 valence electrons. The zero-order chi connectivity index (χ0) is 13.6. The Labute approximate surface area is 97.9 Å². The van der Waals surface area contributed by atoms with Gasteiger partial charge in [0.1, 0.15) is 11.8 Å². The number of rotatable bonds is 6. The van der Waals surface area contributed by atoms with Crippen molar-refractivity contribution in [1.82, 2.24) is 5.32 Å². The van der Waals surface area contributed by atoms with E-state index in [-0.39, 0.29) is 0 Å².